The van der Waals surface area contributed by atoms with Crippen molar-refractivity contribution in [3.8, 4) is 0 Å². The van der Waals surface area contributed by atoms with Gasteiger partial charge in [-0.1, -0.05) is 516 Å². The Balaban J connectivity index is 2.33. The van der Waals surface area contributed by atoms with Crippen molar-refractivity contribution in [3.63, 3.8) is 0 Å². The van der Waals surface area contributed by atoms with Crippen LogP contribution in [0.5, 0.6) is 0 Å². The third-order valence-corrected chi connectivity index (χ3v) is 25.6. The van der Waals surface area contributed by atoms with Gasteiger partial charge in [-0.25, -0.2) is 0 Å². The molecular formula is C93H180S3. The lowest BCUT2D eigenvalue weighted by Gasteiger charge is -2.17. The molecule has 0 bridgehead atoms. The molecule has 0 aliphatic rings. The van der Waals surface area contributed by atoms with Crippen LogP contribution >= 0.6 is 35.3 Å². The van der Waals surface area contributed by atoms with Gasteiger partial charge in [0.2, 0.25) is 0 Å². The van der Waals surface area contributed by atoms with Crippen LogP contribution in [0.1, 0.15) is 541 Å². The maximum absolute atomic E-state index is 2.64. The first-order valence-corrected chi connectivity index (χ1v) is 48.8. The SMILES string of the molecule is CCCCCCCCCCCCCCCCCCCCCCCCCCCCSc1cc(CCC)cc(SCCCCCCCCCCCCCCCCCCCCCCCCCCCC)c1SCCCCCCCCCCCCCCCCCCCCCCCCCCCC. The zero-order valence-corrected chi connectivity index (χ0v) is 69.5. The van der Waals surface area contributed by atoms with E-state index in [-0.39, 0.29) is 0 Å². The van der Waals surface area contributed by atoms with E-state index in [1.54, 1.807) is 20.2 Å². The smallest absolute Gasteiger partial charge is 0.0344 e. The highest BCUT2D eigenvalue weighted by atomic mass is 32.2. The van der Waals surface area contributed by atoms with Gasteiger partial charge in [0, 0.05) is 14.7 Å². The average molecular weight is 1390 g/mol. The second-order valence-corrected chi connectivity index (χ2v) is 35.1. The number of hydrogen-bond acceptors (Lipinski definition) is 3. The number of rotatable bonds is 86. The summed E-state index contributed by atoms with van der Waals surface area (Å²) in [5.41, 5.74) is 1.60. The summed E-state index contributed by atoms with van der Waals surface area (Å²) in [7, 11) is 0. The molecular weight excluding hydrogens is 1210 g/mol. The Hall–Kier alpha value is 0.270. The molecule has 0 atom stereocenters. The number of unbranched alkanes of at least 4 members (excludes halogenated alkanes) is 75. The highest BCUT2D eigenvalue weighted by Crippen LogP contribution is 2.42. The molecule has 0 radical (unpaired) electrons. The first-order valence-electron chi connectivity index (χ1n) is 45.8. The zero-order valence-electron chi connectivity index (χ0n) is 67.1. The number of benzene rings is 1. The fraction of sp³-hybridized carbons (Fsp3) is 0.935. The summed E-state index contributed by atoms with van der Waals surface area (Å²) in [4.78, 5) is 4.93. The van der Waals surface area contributed by atoms with E-state index in [9.17, 15) is 0 Å². The fourth-order valence-corrected chi connectivity index (χ4v) is 19.0. The van der Waals surface area contributed by atoms with E-state index in [4.69, 9.17) is 0 Å². The van der Waals surface area contributed by atoms with Crippen molar-refractivity contribution in [2.75, 3.05) is 17.3 Å². The Bertz CT molecular complexity index is 1470. The summed E-state index contributed by atoms with van der Waals surface area (Å²) in [5, 5.41) is 0. The summed E-state index contributed by atoms with van der Waals surface area (Å²) in [6.07, 6.45) is 117. The Kier molecular flexibility index (Phi) is 82.7. The lowest BCUT2D eigenvalue weighted by molar-refractivity contribution is 0.516. The lowest BCUT2D eigenvalue weighted by Crippen LogP contribution is -1.94. The van der Waals surface area contributed by atoms with E-state index in [0.717, 1.165) is 0 Å². The monoisotopic (exact) mass is 1390 g/mol. The minimum absolute atomic E-state index is 1.23. The quantitative estimate of drug-likeness (QED) is 0.0471. The highest BCUT2D eigenvalue weighted by Gasteiger charge is 2.14. The topological polar surface area (TPSA) is 0 Å². The zero-order chi connectivity index (χ0) is 68.5. The van der Waals surface area contributed by atoms with Gasteiger partial charge in [-0.3, -0.25) is 0 Å². The summed E-state index contributed by atoms with van der Waals surface area (Å²) in [5.74, 6) is 3.89. The molecule has 0 nitrogen and oxygen atoms in total. The summed E-state index contributed by atoms with van der Waals surface area (Å²) >= 11 is 6.69. The number of hydrogen-bond donors (Lipinski definition) is 0. The third kappa shape index (κ3) is 72.6. The van der Waals surface area contributed by atoms with Crippen LogP contribution in [0, 0.1) is 0 Å². The van der Waals surface area contributed by atoms with Gasteiger partial charge in [0.05, 0.1) is 0 Å². The van der Waals surface area contributed by atoms with E-state index >= 15 is 0 Å². The molecule has 0 aliphatic carbocycles. The predicted molar refractivity (Wildman–Crippen MR) is 450 cm³/mol. The van der Waals surface area contributed by atoms with Crippen LogP contribution in [0.3, 0.4) is 0 Å². The number of aryl methyl sites for hydroxylation is 1. The van der Waals surface area contributed by atoms with Crippen LogP contribution in [0.25, 0.3) is 0 Å². The minimum atomic E-state index is 1.23. The van der Waals surface area contributed by atoms with Crippen molar-refractivity contribution in [1.82, 2.24) is 0 Å². The molecule has 570 valence electrons. The molecule has 0 N–H and O–H groups in total. The molecule has 0 aliphatic heterocycles. The maximum atomic E-state index is 2.64. The van der Waals surface area contributed by atoms with Crippen molar-refractivity contribution in [1.29, 1.82) is 0 Å². The Morgan fingerprint density at radius 2 is 0.292 bits per heavy atom. The van der Waals surface area contributed by atoms with Gasteiger partial charge >= 0.3 is 0 Å². The van der Waals surface area contributed by atoms with Gasteiger partial charge < -0.3 is 0 Å². The van der Waals surface area contributed by atoms with E-state index in [2.05, 4.69) is 75.1 Å². The molecule has 0 heterocycles. The molecule has 0 saturated carbocycles. The third-order valence-electron chi connectivity index (χ3n) is 21.9. The maximum Gasteiger partial charge on any atom is 0.0344 e. The van der Waals surface area contributed by atoms with Gasteiger partial charge in [-0.05, 0) is 60.6 Å². The molecule has 3 heteroatoms. The standard InChI is InChI=1S/C93H180S3/c1-5-9-12-15-18-21-24-27-30-33-36-39-42-45-48-51-54-57-60-63-66-69-72-75-78-81-85-94-91-88-90(84-8-4)89-92(95-86-82-79-76-73-70-67-64-61-58-55-52-49-46-43-40-37-34-31-28-25-22-19-16-13-10-6-2)93(91)96-87-83-80-77-74-71-68-65-62-59-56-53-50-47-44-41-38-35-32-29-26-23-20-17-14-11-7-3/h88-89H,5-87H2,1-4H3. The molecule has 0 fully saturated rings. The molecule has 1 aromatic rings. The van der Waals surface area contributed by atoms with Crippen molar-refractivity contribution in [2.45, 2.75) is 556 Å². The molecule has 0 aromatic heterocycles. The fourth-order valence-electron chi connectivity index (χ4n) is 15.2. The van der Waals surface area contributed by atoms with Crippen molar-refractivity contribution in [2.24, 2.45) is 0 Å². The summed E-state index contributed by atoms with van der Waals surface area (Å²) in [6, 6.07) is 5.29. The van der Waals surface area contributed by atoms with Gasteiger partial charge in [-0.2, -0.15) is 0 Å². The average Bonchev–Trinajstić information content (AvgIpc) is 0.904. The van der Waals surface area contributed by atoms with Gasteiger partial charge in [0.25, 0.3) is 0 Å². The number of thioether (sulfide) groups is 3. The van der Waals surface area contributed by atoms with E-state index in [1.165, 1.54) is 531 Å². The first kappa shape index (κ1) is 94.3. The highest BCUT2D eigenvalue weighted by molar-refractivity contribution is 8.03. The lowest BCUT2D eigenvalue weighted by atomic mass is 10.0. The second kappa shape index (κ2) is 84.2. The van der Waals surface area contributed by atoms with Crippen LogP contribution in [0.2, 0.25) is 0 Å². The van der Waals surface area contributed by atoms with E-state index in [1.807, 2.05) is 0 Å². The predicted octanol–water partition coefficient (Wildman–Crippen LogP) is 36.4. The Morgan fingerprint density at radius 1 is 0.156 bits per heavy atom. The molecule has 0 amide bonds. The van der Waals surface area contributed by atoms with Gasteiger partial charge in [-0.15, -0.1) is 35.3 Å². The minimum Gasteiger partial charge on any atom is -0.125 e. The van der Waals surface area contributed by atoms with Crippen LogP contribution in [0.15, 0.2) is 26.8 Å². The van der Waals surface area contributed by atoms with Gasteiger partial charge in [0.15, 0.2) is 0 Å². The second-order valence-electron chi connectivity index (χ2n) is 31.7. The van der Waals surface area contributed by atoms with E-state index < -0.39 is 0 Å². The van der Waals surface area contributed by atoms with Crippen molar-refractivity contribution in [3.05, 3.63) is 17.7 Å². The van der Waals surface area contributed by atoms with Crippen LogP contribution in [-0.2, 0) is 6.42 Å². The first-order chi connectivity index (χ1) is 47.8. The van der Waals surface area contributed by atoms with Crippen LogP contribution in [-0.4, -0.2) is 17.3 Å². The van der Waals surface area contributed by atoms with Crippen LogP contribution < -0.4 is 0 Å². The van der Waals surface area contributed by atoms with Gasteiger partial charge in [0.1, 0.15) is 0 Å². The summed E-state index contributed by atoms with van der Waals surface area (Å²) in [6.45, 7) is 9.35. The summed E-state index contributed by atoms with van der Waals surface area (Å²) < 4.78 is 0. The van der Waals surface area contributed by atoms with Crippen molar-refractivity contribution >= 4 is 35.3 Å². The van der Waals surface area contributed by atoms with Crippen LogP contribution in [0.4, 0.5) is 0 Å². The van der Waals surface area contributed by atoms with E-state index in [0.29, 0.717) is 0 Å². The largest absolute Gasteiger partial charge is 0.125 e. The molecule has 1 aromatic carbocycles. The molecule has 0 unspecified atom stereocenters. The molecule has 0 spiro atoms. The molecule has 1 rings (SSSR count). The normalized spacial score (nSPS) is 11.8. The van der Waals surface area contributed by atoms with Crippen molar-refractivity contribution < 1.29 is 0 Å². The Morgan fingerprint density at radius 3 is 0.438 bits per heavy atom. The molecule has 0 saturated heterocycles. The Labute approximate surface area is 622 Å². The molecule has 96 heavy (non-hydrogen) atoms.